The zero-order valence-corrected chi connectivity index (χ0v) is 20.3. The topological polar surface area (TPSA) is 94.4 Å². The van der Waals surface area contributed by atoms with Crippen LogP contribution >= 0.6 is 23.4 Å². The third kappa shape index (κ3) is 5.47. The number of nitrogens with zero attached hydrogens (tertiary/aromatic N) is 4. The van der Waals surface area contributed by atoms with Gasteiger partial charge in [0, 0.05) is 29.8 Å². The van der Waals surface area contributed by atoms with Gasteiger partial charge < -0.3 is 9.64 Å². The van der Waals surface area contributed by atoms with Crippen molar-refractivity contribution in [1.82, 2.24) is 19.7 Å². The molecule has 1 aromatic carbocycles. The minimum absolute atomic E-state index is 0.0488. The molecular weight excluding hydrogens is 472 g/mol. The molecule has 32 heavy (non-hydrogen) atoms. The second-order valence-corrected chi connectivity index (χ2v) is 11.7. The van der Waals surface area contributed by atoms with Crippen LogP contribution in [0.25, 0.3) is 11.4 Å². The second-order valence-electron chi connectivity index (χ2n) is 8.08. The fourth-order valence-corrected chi connectivity index (χ4v) is 6.92. The highest BCUT2D eigenvalue weighted by atomic mass is 35.5. The molecule has 0 saturated carbocycles. The Kier molecular flexibility index (Phi) is 7.44. The average molecular weight is 499 g/mol. The van der Waals surface area contributed by atoms with E-state index in [0.29, 0.717) is 35.5 Å². The summed E-state index contributed by atoms with van der Waals surface area (Å²) in [6.07, 6.45) is 2.59. The standard InChI is InChI=1S/C21H27ClN4O4S2/c1-2-25(17-9-11-32(28,29)14-17)19(27)13-31-21-24-23-20(15-5-7-16(22)8-6-15)26(21)12-18-4-3-10-30-18/h5-8,17-18H,2-4,9-14H2,1H3/t17-,18+/m1/s1. The Balaban J connectivity index is 1.51. The quantitative estimate of drug-likeness (QED) is 0.516. The molecule has 174 valence electrons. The monoisotopic (exact) mass is 498 g/mol. The summed E-state index contributed by atoms with van der Waals surface area (Å²) in [4.78, 5) is 14.6. The maximum atomic E-state index is 12.9. The molecule has 0 bridgehead atoms. The molecule has 0 spiro atoms. The molecule has 2 saturated heterocycles. The molecule has 1 amide bonds. The number of hydrogen-bond acceptors (Lipinski definition) is 7. The number of halogens is 1. The van der Waals surface area contributed by atoms with E-state index >= 15 is 0 Å². The van der Waals surface area contributed by atoms with Crippen molar-refractivity contribution in [3.63, 3.8) is 0 Å². The van der Waals surface area contributed by atoms with E-state index in [1.807, 2.05) is 35.8 Å². The van der Waals surface area contributed by atoms with E-state index < -0.39 is 9.84 Å². The third-order valence-corrected chi connectivity index (χ3v) is 8.82. The highest BCUT2D eigenvalue weighted by Gasteiger charge is 2.34. The van der Waals surface area contributed by atoms with Crippen molar-refractivity contribution >= 4 is 39.1 Å². The number of hydrogen-bond donors (Lipinski definition) is 0. The van der Waals surface area contributed by atoms with Crippen LogP contribution in [0.2, 0.25) is 5.02 Å². The lowest BCUT2D eigenvalue weighted by Gasteiger charge is -2.26. The average Bonchev–Trinajstić information content (AvgIpc) is 3.49. The second kappa shape index (κ2) is 10.1. The minimum atomic E-state index is -3.05. The van der Waals surface area contributed by atoms with Gasteiger partial charge in [-0.2, -0.15) is 0 Å². The van der Waals surface area contributed by atoms with Crippen LogP contribution in [0, 0.1) is 0 Å². The molecule has 3 heterocycles. The van der Waals surface area contributed by atoms with Gasteiger partial charge in [-0.1, -0.05) is 23.4 Å². The van der Waals surface area contributed by atoms with E-state index in [1.54, 1.807) is 4.90 Å². The molecule has 0 unspecified atom stereocenters. The Morgan fingerprint density at radius 3 is 2.69 bits per heavy atom. The highest BCUT2D eigenvalue weighted by molar-refractivity contribution is 7.99. The number of carbonyl (C=O) groups is 1. The van der Waals surface area contributed by atoms with Gasteiger partial charge in [-0.3, -0.25) is 9.36 Å². The molecule has 2 aromatic rings. The van der Waals surface area contributed by atoms with Gasteiger partial charge in [0.1, 0.15) is 0 Å². The maximum Gasteiger partial charge on any atom is 0.233 e. The van der Waals surface area contributed by atoms with Crippen LogP contribution in [-0.2, 0) is 25.9 Å². The van der Waals surface area contributed by atoms with Crippen LogP contribution in [0.1, 0.15) is 26.2 Å². The van der Waals surface area contributed by atoms with Gasteiger partial charge in [0.25, 0.3) is 0 Å². The van der Waals surface area contributed by atoms with Gasteiger partial charge in [-0.25, -0.2) is 8.42 Å². The molecule has 2 aliphatic rings. The lowest BCUT2D eigenvalue weighted by molar-refractivity contribution is -0.129. The first kappa shape index (κ1) is 23.5. The number of aromatic nitrogens is 3. The summed E-state index contributed by atoms with van der Waals surface area (Å²) in [5.41, 5.74) is 0.893. The van der Waals surface area contributed by atoms with Crippen molar-refractivity contribution < 1.29 is 17.9 Å². The van der Waals surface area contributed by atoms with Crippen LogP contribution in [-0.4, -0.2) is 76.5 Å². The van der Waals surface area contributed by atoms with Gasteiger partial charge in [0.2, 0.25) is 5.91 Å². The molecule has 4 rings (SSSR count). The Hall–Kier alpha value is -1.62. The number of benzene rings is 1. The van der Waals surface area contributed by atoms with Crippen LogP contribution in [0.3, 0.4) is 0 Å². The first-order chi connectivity index (χ1) is 15.4. The molecule has 1 aromatic heterocycles. The van der Waals surface area contributed by atoms with Crippen molar-refractivity contribution in [2.45, 2.75) is 50.0 Å². The van der Waals surface area contributed by atoms with Gasteiger partial charge in [0.05, 0.1) is 29.9 Å². The smallest absolute Gasteiger partial charge is 0.233 e. The predicted octanol–water partition coefficient (Wildman–Crippen LogP) is 2.91. The van der Waals surface area contributed by atoms with Gasteiger partial charge >= 0.3 is 0 Å². The van der Waals surface area contributed by atoms with Gasteiger partial charge in [-0.05, 0) is 50.5 Å². The van der Waals surface area contributed by atoms with E-state index in [0.717, 1.165) is 25.0 Å². The largest absolute Gasteiger partial charge is 0.376 e. The number of carbonyl (C=O) groups excluding carboxylic acids is 1. The Labute approximate surface area is 197 Å². The van der Waals surface area contributed by atoms with Crippen molar-refractivity contribution in [2.75, 3.05) is 30.4 Å². The summed E-state index contributed by atoms with van der Waals surface area (Å²) in [5, 5.41) is 10.0. The zero-order chi connectivity index (χ0) is 22.7. The molecular formula is C21H27ClN4O4S2. The van der Waals surface area contributed by atoms with Crippen molar-refractivity contribution in [3.8, 4) is 11.4 Å². The molecule has 0 aliphatic carbocycles. The van der Waals surface area contributed by atoms with Crippen LogP contribution in [0.15, 0.2) is 29.4 Å². The van der Waals surface area contributed by atoms with Gasteiger partial charge in [-0.15, -0.1) is 10.2 Å². The summed E-state index contributed by atoms with van der Waals surface area (Å²) in [5.74, 6) is 0.997. The highest BCUT2D eigenvalue weighted by Crippen LogP contribution is 2.28. The lowest BCUT2D eigenvalue weighted by atomic mass is 10.2. The minimum Gasteiger partial charge on any atom is -0.376 e. The number of thioether (sulfide) groups is 1. The van der Waals surface area contributed by atoms with E-state index in [2.05, 4.69) is 10.2 Å². The lowest BCUT2D eigenvalue weighted by Crippen LogP contribution is -2.42. The van der Waals surface area contributed by atoms with Gasteiger partial charge in [0.15, 0.2) is 20.8 Å². The van der Waals surface area contributed by atoms with Crippen LogP contribution < -0.4 is 0 Å². The number of amides is 1. The number of ether oxygens (including phenoxy) is 1. The summed E-state index contributed by atoms with van der Waals surface area (Å²) < 4.78 is 31.5. The molecule has 11 heteroatoms. The van der Waals surface area contributed by atoms with Crippen LogP contribution in [0.4, 0.5) is 0 Å². The number of rotatable bonds is 8. The molecule has 2 atom stereocenters. The zero-order valence-electron chi connectivity index (χ0n) is 17.9. The first-order valence-electron chi connectivity index (χ1n) is 10.8. The fourth-order valence-electron chi connectivity index (χ4n) is 4.23. The summed E-state index contributed by atoms with van der Waals surface area (Å²) >= 11 is 7.36. The fraction of sp³-hybridized carbons (Fsp3) is 0.571. The van der Waals surface area contributed by atoms with Crippen molar-refractivity contribution in [3.05, 3.63) is 29.3 Å². The summed E-state index contributed by atoms with van der Waals surface area (Å²) in [6.45, 7) is 3.73. The Morgan fingerprint density at radius 1 is 1.28 bits per heavy atom. The molecule has 2 aliphatic heterocycles. The van der Waals surface area contributed by atoms with Crippen LogP contribution in [0.5, 0.6) is 0 Å². The van der Waals surface area contributed by atoms with E-state index in [1.165, 1.54) is 11.8 Å². The number of sulfone groups is 1. The van der Waals surface area contributed by atoms with E-state index in [-0.39, 0.29) is 35.3 Å². The van der Waals surface area contributed by atoms with Crippen molar-refractivity contribution in [1.29, 1.82) is 0 Å². The SMILES string of the molecule is CCN(C(=O)CSc1nnc(-c2ccc(Cl)cc2)n1C[C@@H]1CCCO1)[C@@H]1CCS(=O)(=O)C1. The normalized spacial score (nSPS) is 22.3. The summed E-state index contributed by atoms with van der Waals surface area (Å²) in [7, 11) is -3.05. The maximum absolute atomic E-state index is 12.9. The summed E-state index contributed by atoms with van der Waals surface area (Å²) in [6, 6.07) is 7.18. The van der Waals surface area contributed by atoms with E-state index in [9.17, 15) is 13.2 Å². The first-order valence-corrected chi connectivity index (χ1v) is 14.0. The Bertz CT molecular complexity index is 1050. The molecule has 0 N–H and O–H groups in total. The molecule has 8 nitrogen and oxygen atoms in total. The molecule has 2 fully saturated rings. The third-order valence-electron chi connectivity index (χ3n) is 5.86. The Morgan fingerprint density at radius 2 is 2.06 bits per heavy atom. The molecule has 0 radical (unpaired) electrons. The van der Waals surface area contributed by atoms with Crippen molar-refractivity contribution in [2.24, 2.45) is 0 Å². The van der Waals surface area contributed by atoms with E-state index in [4.69, 9.17) is 16.3 Å². The predicted molar refractivity (Wildman–Crippen MR) is 125 cm³/mol.